The molecule has 166 valence electrons. The molecule has 2 aliphatic rings. The predicted octanol–water partition coefficient (Wildman–Crippen LogP) is 2.42. The fraction of sp³-hybridized carbons (Fsp3) is 0.375. The van der Waals surface area contributed by atoms with Crippen molar-refractivity contribution in [3.63, 3.8) is 0 Å². The number of benzene rings is 1. The molecule has 1 amide bonds. The Bertz CT molecular complexity index is 1130. The molecule has 0 aliphatic carbocycles. The molecule has 0 bridgehead atoms. The molecule has 32 heavy (non-hydrogen) atoms. The minimum Gasteiger partial charge on any atom is -0.472 e. The van der Waals surface area contributed by atoms with Gasteiger partial charge in [0.05, 0.1) is 24.3 Å². The second-order valence-electron chi connectivity index (χ2n) is 8.36. The van der Waals surface area contributed by atoms with E-state index in [0.29, 0.717) is 37.4 Å². The molecule has 2 aromatic heterocycles. The van der Waals surface area contributed by atoms with E-state index in [4.69, 9.17) is 9.47 Å². The first-order valence-electron chi connectivity index (χ1n) is 10.8. The zero-order valence-corrected chi connectivity index (χ0v) is 18.2. The third-order valence-electron chi connectivity index (χ3n) is 6.42. The van der Waals surface area contributed by atoms with E-state index in [0.717, 1.165) is 28.1 Å². The number of aliphatic hydroxyl groups is 1. The Balaban J connectivity index is 1.43. The molecule has 0 saturated carbocycles. The average molecular weight is 434 g/mol. The van der Waals surface area contributed by atoms with Crippen molar-refractivity contribution < 1.29 is 19.4 Å². The highest BCUT2D eigenvalue weighted by Crippen LogP contribution is 2.35. The van der Waals surface area contributed by atoms with Gasteiger partial charge >= 0.3 is 0 Å². The molecule has 0 spiro atoms. The van der Waals surface area contributed by atoms with Gasteiger partial charge in [0, 0.05) is 25.2 Å². The smallest absolute Gasteiger partial charge is 0.260 e. The molecule has 5 rings (SSSR count). The van der Waals surface area contributed by atoms with Gasteiger partial charge in [0.15, 0.2) is 12.5 Å². The van der Waals surface area contributed by atoms with E-state index in [1.807, 2.05) is 43.6 Å². The fourth-order valence-corrected chi connectivity index (χ4v) is 4.37. The topological polar surface area (TPSA) is 89.7 Å². The van der Waals surface area contributed by atoms with Crippen LogP contribution in [0.5, 0.6) is 5.75 Å². The highest BCUT2D eigenvalue weighted by molar-refractivity contribution is 5.99. The van der Waals surface area contributed by atoms with E-state index in [2.05, 4.69) is 17.0 Å². The Hall–Kier alpha value is -3.23. The first-order chi connectivity index (χ1) is 15.5. The number of rotatable bonds is 4. The molecule has 0 unspecified atom stereocenters. The summed E-state index contributed by atoms with van der Waals surface area (Å²) >= 11 is 0. The minimum atomic E-state index is -0.608. The second-order valence-corrected chi connectivity index (χ2v) is 8.36. The third-order valence-corrected chi connectivity index (χ3v) is 6.42. The lowest BCUT2D eigenvalue weighted by molar-refractivity contribution is -0.0697. The normalized spacial score (nSPS) is 20.7. The fourth-order valence-electron chi connectivity index (χ4n) is 4.37. The molecule has 1 aromatic carbocycles. The van der Waals surface area contributed by atoms with E-state index in [-0.39, 0.29) is 12.6 Å². The highest BCUT2D eigenvalue weighted by Gasteiger charge is 2.37. The Labute approximate surface area is 186 Å². The van der Waals surface area contributed by atoms with Gasteiger partial charge in [-0.05, 0) is 67.1 Å². The molecule has 8 nitrogen and oxygen atoms in total. The molecule has 3 aromatic rings. The molecular weight excluding hydrogens is 408 g/mol. The number of carbonyl (C=O) groups is 1. The number of fused-ring (bicyclic) bond motifs is 1. The van der Waals surface area contributed by atoms with Crippen LogP contribution in [-0.4, -0.2) is 62.8 Å². The van der Waals surface area contributed by atoms with Gasteiger partial charge in [0.2, 0.25) is 0 Å². The van der Waals surface area contributed by atoms with Crippen molar-refractivity contribution in [3.05, 3.63) is 70.7 Å². The lowest BCUT2D eigenvalue weighted by Gasteiger charge is -2.40. The second kappa shape index (κ2) is 8.37. The number of aromatic nitrogens is 3. The number of carbonyl (C=O) groups excluding carboxylic acids is 1. The zero-order chi connectivity index (χ0) is 22.2. The summed E-state index contributed by atoms with van der Waals surface area (Å²) in [5.74, 6) is 1.26. The van der Waals surface area contributed by atoms with Gasteiger partial charge in [0.1, 0.15) is 5.75 Å². The summed E-state index contributed by atoms with van der Waals surface area (Å²) in [5, 5.41) is 14.6. The first-order valence-corrected chi connectivity index (χ1v) is 10.8. The van der Waals surface area contributed by atoms with Gasteiger partial charge < -0.3 is 14.6 Å². The van der Waals surface area contributed by atoms with Crippen molar-refractivity contribution in [3.8, 4) is 11.6 Å². The van der Waals surface area contributed by atoms with Gasteiger partial charge in [-0.25, -0.2) is 9.67 Å². The SMILES string of the molecule is Cc1c(Cc2ccc(-n3cccn3)nc2)cc2c(c1C)OCN([C@H]1COCC[C@@H]1O)C2=O. The van der Waals surface area contributed by atoms with Gasteiger partial charge in [-0.1, -0.05) is 6.07 Å². The summed E-state index contributed by atoms with van der Waals surface area (Å²) in [6.07, 6.45) is 5.96. The molecule has 0 radical (unpaired) electrons. The summed E-state index contributed by atoms with van der Waals surface area (Å²) in [4.78, 5) is 19.5. The van der Waals surface area contributed by atoms with E-state index < -0.39 is 12.1 Å². The van der Waals surface area contributed by atoms with Crippen molar-refractivity contribution in [2.75, 3.05) is 19.9 Å². The summed E-state index contributed by atoms with van der Waals surface area (Å²) in [6, 6.07) is 7.34. The standard InChI is InChI=1S/C24H26N4O4/c1-15-16(2)23-19(24(30)27(14-32-23)20-13-31-9-6-21(20)29)11-18(15)10-17-4-5-22(25-12-17)28-8-3-7-26-28/h3-5,7-8,11-12,20-21,29H,6,9-10,13-14H2,1-2H3/t20-,21-/m0/s1. The summed E-state index contributed by atoms with van der Waals surface area (Å²) in [5.41, 5.74) is 4.69. The summed E-state index contributed by atoms with van der Waals surface area (Å²) in [7, 11) is 0. The van der Waals surface area contributed by atoms with Crippen LogP contribution in [0.3, 0.4) is 0 Å². The molecule has 4 heterocycles. The van der Waals surface area contributed by atoms with Gasteiger partial charge in [-0.2, -0.15) is 5.10 Å². The number of amides is 1. The van der Waals surface area contributed by atoms with Crippen molar-refractivity contribution in [2.24, 2.45) is 0 Å². The van der Waals surface area contributed by atoms with Crippen molar-refractivity contribution in [2.45, 2.75) is 38.8 Å². The quantitative estimate of drug-likeness (QED) is 0.678. The maximum atomic E-state index is 13.4. The average Bonchev–Trinajstić information content (AvgIpc) is 3.34. The number of hydrogen-bond acceptors (Lipinski definition) is 6. The van der Waals surface area contributed by atoms with Crippen molar-refractivity contribution in [1.29, 1.82) is 0 Å². The molecule has 2 atom stereocenters. The maximum absolute atomic E-state index is 13.4. The maximum Gasteiger partial charge on any atom is 0.260 e. The van der Waals surface area contributed by atoms with Crippen molar-refractivity contribution >= 4 is 5.91 Å². The van der Waals surface area contributed by atoms with Crippen LogP contribution in [0.2, 0.25) is 0 Å². The molecule has 1 fully saturated rings. The predicted molar refractivity (Wildman–Crippen MR) is 117 cm³/mol. The summed E-state index contributed by atoms with van der Waals surface area (Å²) < 4.78 is 13.2. The number of nitrogens with zero attached hydrogens (tertiary/aromatic N) is 4. The Kier molecular flexibility index (Phi) is 5.40. The minimum absolute atomic E-state index is 0.120. The first kappa shape index (κ1) is 20.7. The van der Waals surface area contributed by atoms with E-state index >= 15 is 0 Å². The van der Waals surface area contributed by atoms with Crippen LogP contribution < -0.4 is 4.74 Å². The Morgan fingerprint density at radius 2 is 2.12 bits per heavy atom. The van der Waals surface area contributed by atoms with E-state index in [9.17, 15) is 9.90 Å². The van der Waals surface area contributed by atoms with Gasteiger partial charge in [0.25, 0.3) is 5.91 Å². The number of aliphatic hydroxyl groups excluding tert-OH is 1. The van der Waals surface area contributed by atoms with Gasteiger partial charge in [-0.15, -0.1) is 0 Å². The van der Waals surface area contributed by atoms with Crippen molar-refractivity contribution in [1.82, 2.24) is 19.7 Å². The molecule has 1 N–H and O–H groups in total. The van der Waals surface area contributed by atoms with Crippen LogP contribution in [-0.2, 0) is 11.2 Å². The van der Waals surface area contributed by atoms with Gasteiger partial charge in [-0.3, -0.25) is 9.69 Å². The van der Waals surface area contributed by atoms with E-state index in [1.165, 1.54) is 0 Å². The Morgan fingerprint density at radius 1 is 1.25 bits per heavy atom. The van der Waals surface area contributed by atoms with Crippen LogP contribution in [0.1, 0.15) is 39.0 Å². The lowest BCUT2D eigenvalue weighted by atomic mass is 9.92. The lowest BCUT2D eigenvalue weighted by Crippen LogP contribution is -2.55. The van der Waals surface area contributed by atoms with Crippen LogP contribution in [0.15, 0.2) is 42.9 Å². The van der Waals surface area contributed by atoms with Crippen LogP contribution >= 0.6 is 0 Å². The number of ether oxygens (including phenoxy) is 2. The van der Waals surface area contributed by atoms with E-state index in [1.54, 1.807) is 15.8 Å². The molecular formula is C24H26N4O4. The zero-order valence-electron chi connectivity index (χ0n) is 18.2. The molecule has 8 heteroatoms. The molecule has 1 saturated heterocycles. The number of pyridine rings is 1. The molecule has 2 aliphatic heterocycles. The third kappa shape index (κ3) is 3.65. The van der Waals surface area contributed by atoms with Crippen LogP contribution in [0, 0.1) is 13.8 Å². The monoisotopic (exact) mass is 434 g/mol. The Morgan fingerprint density at radius 3 is 2.84 bits per heavy atom. The van der Waals surface area contributed by atoms with Crippen LogP contribution in [0.25, 0.3) is 5.82 Å². The highest BCUT2D eigenvalue weighted by atomic mass is 16.5. The number of hydrogen-bond donors (Lipinski definition) is 1. The summed E-state index contributed by atoms with van der Waals surface area (Å²) in [6.45, 7) is 4.98. The largest absolute Gasteiger partial charge is 0.472 e. The van der Waals surface area contributed by atoms with Crippen LogP contribution in [0.4, 0.5) is 0 Å².